The van der Waals surface area contributed by atoms with E-state index in [0.717, 1.165) is 36.7 Å². The molecule has 2 aliphatic carbocycles. The van der Waals surface area contributed by atoms with E-state index in [2.05, 4.69) is 27.0 Å². The minimum Gasteiger partial charge on any atom is -0.493 e. The lowest BCUT2D eigenvalue weighted by Gasteiger charge is -2.15. The Balaban J connectivity index is 0.00000280. The number of nitrogens with zero attached hydrogens (tertiary/aromatic N) is 1. The zero-order chi connectivity index (χ0) is 18.9. The predicted molar refractivity (Wildman–Crippen MR) is 123 cm³/mol. The highest BCUT2D eigenvalue weighted by atomic mass is 127. The molecule has 0 spiro atoms. The number of halogens is 1. The van der Waals surface area contributed by atoms with Gasteiger partial charge < -0.3 is 20.7 Å². The fourth-order valence-electron chi connectivity index (χ4n) is 3.35. The van der Waals surface area contributed by atoms with E-state index in [1.54, 1.807) is 7.05 Å². The first-order valence-electron chi connectivity index (χ1n) is 10.2. The number of para-hydroxylation sites is 1. The normalized spacial score (nSPS) is 17.0. The summed E-state index contributed by atoms with van der Waals surface area (Å²) in [7, 11) is 1.74. The van der Waals surface area contributed by atoms with E-state index in [1.165, 1.54) is 25.7 Å². The first-order chi connectivity index (χ1) is 13.2. The molecule has 2 aliphatic rings. The van der Waals surface area contributed by atoms with Crippen LogP contribution in [0.2, 0.25) is 0 Å². The molecule has 0 aromatic heterocycles. The van der Waals surface area contributed by atoms with Crippen LogP contribution in [-0.4, -0.2) is 38.1 Å². The molecule has 2 fully saturated rings. The molecule has 0 atom stereocenters. The van der Waals surface area contributed by atoms with Crippen LogP contribution < -0.4 is 20.7 Å². The van der Waals surface area contributed by atoms with E-state index in [4.69, 9.17) is 4.74 Å². The van der Waals surface area contributed by atoms with Gasteiger partial charge in [0.05, 0.1) is 6.61 Å². The van der Waals surface area contributed by atoms with Crippen molar-refractivity contribution in [3.63, 3.8) is 0 Å². The molecule has 0 heterocycles. The molecule has 0 saturated heterocycles. The van der Waals surface area contributed by atoms with Crippen molar-refractivity contribution in [2.24, 2.45) is 10.9 Å². The molecule has 0 radical (unpaired) electrons. The van der Waals surface area contributed by atoms with Gasteiger partial charge in [0.25, 0.3) is 0 Å². The molecule has 28 heavy (non-hydrogen) atoms. The van der Waals surface area contributed by atoms with E-state index < -0.39 is 0 Å². The summed E-state index contributed by atoms with van der Waals surface area (Å²) >= 11 is 0. The molecule has 1 aromatic rings. The number of nitrogens with one attached hydrogen (secondary N) is 3. The summed E-state index contributed by atoms with van der Waals surface area (Å²) in [4.78, 5) is 16.2. The Morgan fingerprint density at radius 3 is 2.61 bits per heavy atom. The first kappa shape index (κ1) is 22.8. The smallest absolute Gasteiger partial charge is 0.221 e. The van der Waals surface area contributed by atoms with Gasteiger partial charge in [-0.05, 0) is 37.7 Å². The minimum atomic E-state index is 0. The van der Waals surface area contributed by atoms with Crippen LogP contribution in [0.15, 0.2) is 29.3 Å². The maximum atomic E-state index is 12.0. The van der Waals surface area contributed by atoms with Crippen LogP contribution in [0.1, 0.15) is 50.5 Å². The summed E-state index contributed by atoms with van der Waals surface area (Å²) in [5, 5.41) is 9.62. The van der Waals surface area contributed by atoms with Crippen molar-refractivity contribution in [2.45, 2.75) is 57.5 Å². The van der Waals surface area contributed by atoms with E-state index >= 15 is 0 Å². The summed E-state index contributed by atoms with van der Waals surface area (Å²) in [6.45, 7) is 2.01. The van der Waals surface area contributed by atoms with Gasteiger partial charge in [-0.25, -0.2) is 0 Å². The number of aliphatic imine (C=N–C) groups is 1. The zero-order valence-corrected chi connectivity index (χ0v) is 19.0. The van der Waals surface area contributed by atoms with Gasteiger partial charge in [-0.1, -0.05) is 31.0 Å². The quantitative estimate of drug-likeness (QED) is 0.277. The molecule has 3 N–H and O–H groups in total. The highest BCUT2D eigenvalue weighted by Gasteiger charge is 2.22. The lowest BCUT2D eigenvalue weighted by molar-refractivity contribution is -0.121. The van der Waals surface area contributed by atoms with Crippen molar-refractivity contribution in [2.75, 3.05) is 20.2 Å². The Labute approximate surface area is 185 Å². The number of hydrogen-bond donors (Lipinski definition) is 3. The molecular weight excluding hydrogens is 467 g/mol. The monoisotopic (exact) mass is 500 g/mol. The second kappa shape index (κ2) is 12.1. The fourth-order valence-corrected chi connectivity index (χ4v) is 3.35. The Kier molecular flexibility index (Phi) is 9.87. The van der Waals surface area contributed by atoms with E-state index in [1.807, 2.05) is 18.2 Å². The summed E-state index contributed by atoms with van der Waals surface area (Å²) in [6.07, 6.45) is 7.71. The SMILES string of the molecule is CN=C(NCCC(=O)NC1CCCC1)NCc1ccccc1OCC1CC1.I. The van der Waals surface area contributed by atoms with Crippen molar-refractivity contribution in [3.8, 4) is 5.75 Å². The van der Waals surface area contributed by atoms with Gasteiger partial charge in [-0.3, -0.25) is 9.79 Å². The first-order valence-corrected chi connectivity index (χ1v) is 10.2. The summed E-state index contributed by atoms with van der Waals surface area (Å²) in [5.74, 6) is 2.48. The number of carbonyl (C=O) groups is 1. The topological polar surface area (TPSA) is 74.8 Å². The van der Waals surface area contributed by atoms with Crippen molar-refractivity contribution in [1.29, 1.82) is 0 Å². The van der Waals surface area contributed by atoms with Crippen LogP contribution in [0.3, 0.4) is 0 Å². The third-order valence-corrected chi connectivity index (χ3v) is 5.18. The van der Waals surface area contributed by atoms with E-state index in [-0.39, 0.29) is 29.9 Å². The Bertz CT molecular complexity index is 643. The molecule has 1 aromatic carbocycles. The molecule has 6 nitrogen and oxygen atoms in total. The van der Waals surface area contributed by atoms with Crippen LogP contribution in [0.5, 0.6) is 5.75 Å². The molecule has 0 aliphatic heterocycles. The number of rotatable bonds is 9. The van der Waals surface area contributed by atoms with Crippen LogP contribution in [0.25, 0.3) is 0 Å². The third kappa shape index (κ3) is 7.85. The summed E-state index contributed by atoms with van der Waals surface area (Å²) in [5.41, 5.74) is 1.11. The van der Waals surface area contributed by atoms with Crippen LogP contribution in [-0.2, 0) is 11.3 Å². The van der Waals surface area contributed by atoms with Gasteiger partial charge in [-0.2, -0.15) is 0 Å². The van der Waals surface area contributed by atoms with Gasteiger partial charge in [0.2, 0.25) is 5.91 Å². The molecule has 2 saturated carbocycles. The zero-order valence-electron chi connectivity index (χ0n) is 16.7. The van der Waals surface area contributed by atoms with Gasteiger partial charge in [-0.15, -0.1) is 24.0 Å². The Hall–Kier alpha value is -1.51. The fraction of sp³-hybridized carbons (Fsp3) is 0.619. The van der Waals surface area contributed by atoms with Crippen molar-refractivity contribution >= 4 is 35.8 Å². The average molecular weight is 500 g/mol. The van der Waals surface area contributed by atoms with Crippen molar-refractivity contribution in [3.05, 3.63) is 29.8 Å². The second-order valence-corrected chi connectivity index (χ2v) is 7.51. The van der Waals surface area contributed by atoms with Crippen molar-refractivity contribution < 1.29 is 9.53 Å². The molecule has 0 bridgehead atoms. The third-order valence-electron chi connectivity index (χ3n) is 5.18. The molecule has 0 unspecified atom stereocenters. The van der Waals surface area contributed by atoms with E-state index in [9.17, 15) is 4.79 Å². The Morgan fingerprint density at radius 1 is 1.14 bits per heavy atom. The van der Waals surface area contributed by atoms with Crippen molar-refractivity contribution in [1.82, 2.24) is 16.0 Å². The number of guanidine groups is 1. The van der Waals surface area contributed by atoms with Crippen LogP contribution in [0.4, 0.5) is 0 Å². The number of ether oxygens (including phenoxy) is 1. The average Bonchev–Trinajstić information content (AvgIpc) is 3.38. The summed E-state index contributed by atoms with van der Waals surface area (Å²) in [6, 6.07) is 8.48. The van der Waals surface area contributed by atoms with Gasteiger partial charge >= 0.3 is 0 Å². The molecule has 7 heteroatoms. The summed E-state index contributed by atoms with van der Waals surface area (Å²) < 4.78 is 5.95. The van der Waals surface area contributed by atoms with Gasteiger partial charge in [0, 0.05) is 38.2 Å². The Morgan fingerprint density at radius 2 is 1.89 bits per heavy atom. The lowest BCUT2D eigenvalue weighted by Crippen LogP contribution is -2.40. The highest BCUT2D eigenvalue weighted by molar-refractivity contribution is 14.0. The highest BCUT2D eigenvalue weighted by Crippen LogP contribution is 2.30. The minimum absolute atomic E-state index is 0. The maximum Gasteiger partial charge on any atom is 0.221 e. The lowest BCUT2D eigenvalue weighted by atomic mass is 10.2. The number of hydrogen-bond acceptors (Lipinski definition) is 3. The molecule has 1 amide bonds. The second-order valence-electron chi connectivity index (χ2n) is 7.51. The number of carbonyl (C=O) groups excluding carboxylic acids is 1. The van der Waals surface area contributed by atoms with Gasteiger partial charge in [0.15, 0.2) is 5.96 Å². The van der Waals surface area contributed by atoms with Crippen LogP contribution >= 0.6 is 24.0 Å². The molecule has 156 valence electrons. The van der Waals surface area contributed by atoms with Crippen LogP contribution in [0, 0.1) is 5.92 Å². The number of amides is 1. The van der Waals surface area contributed by atoms with Gasteiger partial charge in [0.1, 0.15) is 5.75 Å². The molecule has 3 rings (SSSR count). The van der Waals surface area contributed by atoms with E-state index in [0.29, 0.717) is 31.5 Å². The maximum absolute atomic E-state index is 12.0. The standard InChI is InChI=1S/C21H32N4O2.HI/c1-22-21(23-13-12-20(26)25-18-7-3-4-8-18)24-14-17-6-2-5-9-19(17)27-15-16-10-11-16;/h2,5-6,9,16,18H,3-4,7-8,10-15H2,1H3,(H,25,26)(H2,22,23,24);1H. The number of benzene rings is 1. The predicted octanol–water partition coefficient (Wildman–Crippen LogP) is 3.21. The molecular formula is C21H33IN4O2. The largest absolute Gasteiger partial charge is 0.493 e.